The SMILES string of the molecule is COC(=O)c1cc(OC)c(OC)cc1NC(=O)CN(c1ccc(S(=O)(=O)N(C)C)cc1)S(C)(=O)=O. The predicted molar refractivity (Wildman–Crippen MR) is 129 cm³/mol. The molecule has 0 bridgehead atoms. The van der Waals surface area contributed by atoms with E-state index in [1.54, 1.807) is 0 Å². The molecule has 12 nitrogen and oxygen atoms in total. The van der Waals surface area contributed by atoms with Gasteiger partial charge in [-0.25, -0.2) is 25.9 Å². The maximum absolute atomic E-state index is 12.8. The van der Waals surface area contributed by atoms with E-state index in [4.69, 9.17) is 14.2 Å². The molecule has 0 heterocycles. The van der Waals surface area contributed by atoms with Gasteiger partial charge in [-0.3, -0.25) is 9.10 Å². The molecule has 192 valence electrons. The molecule has 1 amide bonds. The number of nitrogens with zero attached hydrogens (tertiary/aromatic N) is 2. The third kappa shape index (κ3) is 6.41. The van der Waals surface area contributed by atoms with Crippen LogP contribution < -0.4 is 19.1 Å². The lowest BCUT2D eigenvalue weighted by molar-refractivity contribution is -0.114. The van der Waals surface area contributed by atoms with Crippen LogP contribution in [0.3, 0.4) is 0 Å². The van der Waals surface area contributed by atoms with Gasteiger partial charge in [-0.05, 0) is 24.3 Å². The Balaban J connectivity index is 2.40. The number of hydrogen-bond acceptors (Lipinski definition) is 9. The number of carbonyl (C=O) groups excluding carboxylic acids is 2. The fourth-order valence-electron chi connectivity index (χ4n) is 2.98. The van der Waals surface area contributed by atoms with Gasteiger partial charge in [0.25, 0.3) is 0 Å². The zero-order valence-corrected chi connectivity index (χ0v) is 21.7. The van der Waals surface area contributed by atoms with Crippen molar-refractivity contribution in [3.63, 3.8) is 0 Å². The number of ether oxygens (including phenoxy) is 3. The van der Waals surface area contributed by atoms with Crippen molar-refractivity contribution in [1.82, 2.24) is 4.31 Å². The topological polar surface area (TPSA) is 149 Å². The third-order valence-electron chi connectivity index (χ3n) is 4.79. The summed E-state index contributed by atoms with van der Waals surface area (Å²) in [6, 6.07) is 7.70. The summed E-state index contributed by atoms with van der Waals surface area (Å²) in [4.78, 5) is 25.0. The van der Waals surface area contributed by atoms with E-state index in [1.807, 2.05) is 0 Å². The summed E-state index contributed by atoms with van der Waals surface area (Å²) in [6.07, 6.45) is 0.904. The molecule has 0 aliphatic carbocycles. The average molecular weight is 530 g/mol. The van der Waals surface area contributed by atoms with E-state index in [0.29, 0.717) is 0 Å². The normalized spacial score (nSPS) is 11.6. The Bertz CT molecular complexity index is 1310. The fourth-order valence-corrected chi connectivity index (χ4v) is 4.73. The second-order valence-electron chi connectivity index (χ2n) is 7.34. The lowest BCUT2D eigenvalue weighted by atomic mass is 10.1. The van der Waals surface area contributed by atoms with Crippen molar-refractivity contribution in [1.29, 1.82) is 0 Å². The van der Waals surface area contributed by atoms with Gasteiger partial charge in [-0.1, -0.05) is 0 Å². The summed E-state index contributed by atoms with van der Waals surface area (Å²) in [7, 11) is -1.04. The molecule has 2 rings (SSSR count). The standard InChI is InChI=1S/C21H27N3O9S2/c1-23(2)35(29,30)15-9-7-14(8-10-15)24(34(6,27)28)13-20(25)22-17-12-19(32-4)18(31-3)11-16(17)21(26)33-5/h7-12H,13H2,1-6H3,(H,22,25). The van der Waals surface area contributed by atoms with Crippen molar-refractivity contribution in [2.45, 2.75) is 4.90 Å². The van der Waals surface area contributed by atoms with E-state index in [0.717, 1.165) is 22.0 Å². The summed E-state index contributed by atoms with van der Waals surface area (Å²) in [5.74, 6) is -1.11. The first kappa shape index (κ1) is 27.9. The summed E-state index contributed by atoms with van der Waals surface area (Å²) >= 11 is 0. The van der Waals surface area contributed by atoms with Crippen LogP contribution >= 0.6 is 0 Å². The smallest absolute Gasteiger partial charge is 0.340 e. The first-order chi connectivity index (χ1) is 16.3. The molecule has 0 spiro atoms. The number of hydrogen-bond donors (Lipinski definition) is 1. The van der Waals surface area contributed by atoms with Crippen LogP contribution in [0, 0.1) is 0 Å². The number of nitrogens with one attached hydrogen (secondary N) is 1. The predicted octanol–water partition coefficient (Wildman–Crippen LogP) is 1.15. The second-order valence-corrected chi connectivity index (χ2v) is 11.4. The Labute approximate surface area is 204 Å². The zero-order chi connectivity index (χ0) is 26.6. The molecule has 35 heavy (non-hydrogen) atoms. The van der Waals surface area contributed by atoms with Crippen LogP contribution in [0.2, 0.25) is 0 Å². The van der Waals surface area contributed by atoms with E-state index < -0.39 is 38.5 Å². The Morgan fingerprint density at radius 2 is 1.46 bits per heavy atom. The number of amides is 1. The van der Waals surface area contributed by atoms with Gasteiger partial charge in [0.2, 0.25) is 26.0 Å². The lowest BCUT2D eigenvalue weighted by Crippen LogP contribution is -2.37. The number of esters is 1. The fraction of sp³-hybridized carbons (Fsp3) is 0.333. The molecule has 0 saturated carbocycles. The molecular formula is C21H27N3O9S2. The van der Waals surface area contributed by atoms with E-state index in [-0.39, 0.29) is 33.3 Å². The Morgan fingerprint density at radius 1 is 0.914 bits per heavy atom. The Morgan fingerprint density at radius 3 is 1.91 bits per heavy atom. The van der Waals surface area contributed by atoms with Crippen molar-refractivity contribution < 1.29 is 40.6 Å². The number of benzene rings is 2. The van der Waals surface area contributed by atoms with Crippen LogP contribution in [0.15, 0.2) is 41.3 Å². The van der Waals surface area contributed by atoms with Crippen LogP contribution in [-0.2, 0) is 29.6 Å². The highest BCUT2D eigenvalue weighted by Gasteiger charge is 2.25. The monoisotopic (exact) mass is 529 g/mol. The highest BCUT2D eigenvalue weighted by atomic mass is 32.2. The van der Waals surface area contributed by atoms with Crippen LogP contribution in [0.1, 0.15) is 10.4 Å². The molecule has 0 aromatic heterocycles. The number of methoxy groups -OCH3 is 3. The van der Waals surface area contributed by atoms with Gasteiger partial charge in [0.15, 0.2) is 11.5 Å². The van der Waals surface area contributed by atoms with Crippen LogP contribution in [0.5, 0.6) is 11.5 Å². The highest BCUT2D eigenvalue weighted by Crippen LogP contribution is 2.34. The molecule has 2 aromatic rings. The van der Waals surface area contributed by atoms with Crippen molar-refractivity contribution >= 4 is 43.3 Å². The minimum atomic E-state index is -3.95. The van der Waals surface area contributed by atoms with Gasteiger partial charge in [-0.2, -0.15) is 0 Å². The summed E-state index contributed by atoms with van der Waals surface area (Å²) in [5, 5.41) is 2.49. The molecule has 0 saturated heterocycles. The van der Waals surface area contributed by atoms with E-state index in [2.05, 4.69) is 5.32 Å². The summed E-state index contributed by atoms with van der Waals surface area (Å²) in [5.41, 5.74) is 0.0453. The van der Waals surface area contributed by atoms with Gasteiger partial charge >= 0.3 is 5.97 Å². The number of sulfonamides is 2. The number of rotatable bonds is 10. The van der Waals surface area contributed by atoms with Gasteiger partial charge < -0.3 is 19.5 Å². The zero-order valence-electron chi connectivity index (χ0n) is 20.1. The quantitative estimate of drug-likeness (QED) is 0.447. The van der Waals surface area contributed by atoms with Crippen LogP contribution in [0.4, 0.5) is 11.4 Å². The number of anilines is 2. The average Bonchev–Trinajstić information content (AvgIpc) is 2.80. The van der Waals surface area contributed by atoms with Crippen molar-refractivity contribution in [3.8, 4) is 11.5 Å². The molecule has 14 heteroatoms. The van der Waals surface area contributed by atoms with Gasteiger partial charge in [-0.15, -0.1) is 0 Å². The van der Waals surface area contributed by atoms with Gasteiger partial charge in [0.1, 0.15) is 6.54 Å². The molecule has 0 fully saturated rings. The lowest BCUT2D eigenvalue weighted by Gasteiger charge is -2.23. The van der Waals surface area contributed by atoms with E-state index in [1.165, 1.54) is 64.7 Å². The van der Waals surface area contributed by atoms with E-state index in [9.17, 15) is 26.4 Å². The van der Waals surface area contributed by atoms with Crippen LogP contribution in [0.25, 0.3) is 0 Å². The molecule has 1 N–H and O–H groups in total. The summed E-state index contributed by atoms with van der Waals surface area (Å²) < 4.78 is 66.3. The van der Waals surface area contributed by atoms with Gasteiger partial charge in [0.05, 0.1) is 49.4 Å². The van der Waals surface area contributed by atoms with Crippen molar-refractivity contribution in [2.24, 2.45) is 0 Å². The maximum Gasteiger partial charge on any atom is 0.340 e. The second kappa shape index (κ2) is 10.9. The minimum absolute atomic E-state index is 0.0142. The largest absolute Gasteiger partial charge is 0.493 e. The highest BCUT2D eigenvalue weighted by molar-refractivity contribution is 7.92. The molecular weight excluding hydrogens is 502 g/mol. The number of carbonyl (C=O) groups is 2. The summed E-state index contributed by atoms with van der Waals surface area (Å²) in [6.45, 7) is -0.659. The van der Waals surface area contributed by atoms with Crippen molar-refractivity contribution in [3.05, 3.63) is 42.0 Å². The molecule has 0 aliphatic rings. The van der Waals surface area contributed by atoms with E-state index >= 15 is 0 Å². The van der Waals surface area contributed by atoms with Crippen LogP contribution in [-0.4, -0.2) is 81.2 Å². The van der Waals surface area contributed by atoms with Crippen molar-refractivity contribution in [2.75, 3.05) is 57.8 Å². The molecule has 0 radical (unpaired) electrons. The molecule has 0 aliphatic heterocycles. The maximum atomic E-state index is 12.8. The molecule has 2 aromatic carbocycles. The Kier molecular flexibility index (Phi) is 8.70. The molecule has 0 atom stereocenters. The first-order valence-electron chi connectivity index (χ1n) is 9.90. The Hall–Kier alpha value is -3.36. The minimum Gasteiger partial charge on any atom is -0.493 e. The molecule has 0 unspecified atom stereocenters. The first-order valence-corrected chi connectivity index (χ1v) is 13.2. The van der Waals surface area contributed by atoms with Gasteiger partial charge in [0, 0.05) is 26.2 Å². The third-order valence-corrected chi connectivity index (χ3v) is 7.76.